The van der Waals surface area contributed by atoms with Gasteiger partial charge in [0, 0.05) is 18.1 Å². The second-order valence-corrected chi connectivity index (χ2v) is 8.38. The van der Waals surface area contributed by atoms with Crippen LogP contribution in [0.3, 0.4) is 0 Å². The van der Waals surface area contributed by atoms with Gasteiger partial charge in [0.05, 0.1) is 12.2 Å². The minimum absolute atomic E-state index is 0.226. The van der Waals surface area contributed by atoms with Gasteiger partial charge < -0.3 is 0 Å². The number of benzene rings is 1. The molecule has 1 aromatic carbocycles. The van der Waals surface area contributed by atoms with E-state index in [-0.39, 0.29) is 5.82 Å². The van der Waals surface area contributed by atoms with Crippen molar-refractivity contribution in [3.05, 3.63) is 34.9 Å². The third kappa shape index (κ3) is 3.03. The smallest absolute Gasteiger partial charge is 0.199 e. The summed E-state index contributed by atoms with van der Waals surface area (Å²) in [7, 11) is 0. The van der Waals surface area contributed by atoms with Crippen LogP contribution >= 0.6 is 12.2 Å². The van der Waals surface area contributed by atoms with E-state index in [1.54, 1.807) is 6.07 Å². The normalized spacial score (nSPS) is 21.0. The molecule has 1 aromatic heterocycles. The largest absolute Gasteiger partial charge is 0.297 e. The summed E-state index contributed by atoms with van der Waals surface area (Å²) in [4.78, 5) is 2.61. The SMILES string of the molecule is Fc1ccccc1-c1nn(CN(C2CCCC2)C2CC2)c(=S)n1C1CC1. The zero-order valence-electron chi connectivity index (χ0n) is 15.0. The molecule has 5 rings (SSSR count). The lowest BCUT2D eigenvalue weighted by atomic mass is 10.2. The lowest BCUT2D eigenvalue weighted by Gasteiger charge is -2.28. The van der Waals surface area contributed by atoms with Crippen LogP contribution in [0.2, 0.25) is 0 Å². The summed E-state index contributed by atoms with van der Waals surface area (Å²) in [6, 6.07) is 8.63. The fraction of sp³-hybridized carbons (Fsp3) is 0.600. The van der Waals surface area contributed by atoms with Gasteiger partial charge in [0.1, 0.15) is 5.82 Å². The van der Waals surface area contributed by atoms with E-state index in [9.17, 15) is 4.39 Å². The van der Waals surface area contributed by atoms with Crippen LogP contribution in [-0.2, 0) is 6.67 Å². The molecule has 138 valence electrons. The number of rotatable bonds is 6. The predicted molar refractivity (Wildman–Crippen MR) is 102 cm³/mol. The molecule has 2 aromatic rings. The van der Waals surface area contributed by atoms with Gasteiger partial charge in [-0.15, -0.1) is 0 Å². The molecule has 0 atom stereocenters. The van der Waals surface area contributed by atoms with Crippen molar-refractivity contribution in [3.8, 4) is 11.4 Å². The Bertz CT molecular complexity index is 859. The van der Waals surface area contributed by atoms with Crippen LogP contribution in [0.1, 0.15) is 57.4 Å². The van der Waals surface area contributed by atoms with Gasteiger partial charge in [-0.25, -0.2) is 9.07 Å². The van der Waals surface area contributed by atoms with E-state index in [1.165, 1.54) is 44.6 Å². The van der Waals surface area contributed by atoms with Crippen molar-refractivity contribution < 1.29 is 4.39 Å². The van der Waals surface area contributed by atoms with Crippen molar-refractivity contribution in [2.75, 3.05) is 0 Å². The maximum Gasteiger partial charge on any atom is 0.199 e. The third-order valence-electron chi connectivity index (χ3n) is 6.00. The van der Waals surface area contributed by atoms with Crippen molar-refractivity contribution in [2.24, 2.45) is 0 Å². The first-order chi connectivity index (χ1) is 12.7. The molecule has 4 nitrogen and oxygen atoms in total. The van der Waals surface area contributed by atoms with E-state index >= 15 is 0 Å². The van der Waals surface area contributed by atoms with Gasteiger partial charge in [-0.05, 0) is 62.9 Å². The van der Waals surface area contributed by atoms with Crippen LogP contribution in [0.25, 0.3) is 11.4 Å². The first-order valence-corrected chi connectivity index (χ1v) is 10.3. The van der Waals surface area contributed by atoms with Crippen molar-refractivity contribution in [2.45, 2.75) is 76.2 Å². The summed E-state index contributed by atoms with van der Waals surface area (Å²) >= 11 is 5.79. The number of hydrogen-bond donors (Lipinski definition) is 0. The zero-order chi connectivity index (χ0) is 17.7. The van der Waals surface area contributed by atoms with E-state index in [0.717, 1.165) is 24.3 Å². The van der Waals surface area contributed by atoms with Crippen LogP contribution in [0.5, 0.6) is 0 Å². The Hall–Kier alpha value is -1.53. The van der Waals surface area contributed by atoms with Gasteiger partial charge >= 0.3 is 0 Å². The Morgan fingerprint density at radius 1 is 1.04 bits per heavy atom. The lowest BCUT2D eigenvalue weighted by molar-refractivity contribution is 0.134. The standard InChI is InChI=1S/C20H25FN4S/c21-18-8-4-3-7-17(18)19-22-24(20(26)25(19)16-11-12-16)13-23(15-9-10-15)14-5-1-2-6-14/h3-4,7-8,14-16H,1-2,5-6,9-13H2. The van der Waals surface area contributed by atoms with Gasteiger partial charge in [-0.1, -0.05) is 25.0 Å². The maximum atomic E-state index is 14.4. The van der Waals surface area contributed by atoms with Crippen molar-refractivity contribution in [3.63, 3.8) is 0 Å². The molecule has 0 amide bonds. The van der Waals surface area contributed by atoms with E-state index in [1.807, 2.05) is 16.8 Å². The fourth-order valence-electron chi connectivity index (χ4n) is 4.33. The summed E-state index contributed by atoms with van der Waals surface area (Å²) in [5.41, 5.74) is 0.558. The highest BCUT2D eigenvalue weighted by Gasteiger charge is 2.36. The highest BCUT2D eigenvalue weighted by molar-refractivity contribution is 7.71. The minimum atomic E-state index is -0.226. The van der Waals surface area contributed by atoms with Crippen LogP contribution < -0.4 is 0 Å². The van der Waals surface area contributed by atoms with Crippen molar-refractivity contribution >= 4 is 12.2 Å². The van der Waals surface area contributed by atoms with E-state index in [0.29, 0.717) is 29.5 Å². The molecule has 3 saturated carbocycles. The Balaban J connectivity index is 1.52. The second-order valence-electron chi connectivity index (χ2n) is 8.01. The Morgan fingerprint density at radius 3 is 2.38 bits per heavy atom. The molecule has 0 N–H and O–H groups in total. The predicted octanol–water partition coefficient (Wildman–Crippen LogP) is 4.92. The highest BCUT2D eigenvalue weighted by atomic mass is 32.1. The quantitative estimate of drug-likeness (QED) is 0.673. The minimum Gasteiger partial charge on any atom is -0.297 e. The fourth-order valence-corrected chi connectivity index (χ4v) is 4.66. The second kappa shape index (κ2) is 6.57. The molecule has 1 heterocycles. The van der Waals surface area contributed by atoms with Gasteiger partial charge in [0.15, 0.2) is 10.6 Å². The molecule has 0 radical (unpaired) electrons. The molecule has 0 unspecified atom stereocenters. The molecule has 3 aliphatic carbocycles. The molecule has 0 saturated heterocycles. The average molecular weight is 373 g/mol. The van der Waals surface area contributed by atoms with E-state index in [4.69, 9.17) is 17.3 Å². The van der Waals surface area contributed by atoms with Crippen LogP contribution in [-0.4, -0.2) is 31.3 Å². The van der Waals surface area contributed by atoms with Crippen LogP contribution in [0.15, 0.2) is 24.3 Å². The lowest BCUT2D eigenvalue weighted by Crippen LogP contribution is -2.37. The Kier molecular flexibility index (Phi) is 4.20. The highest BCUT2D eigenvalue weighted by Crippen LogP contribution is 2.40. The molecule has 6 heteroatoms. The molecule has 0 spiro atoms. The van der Waals surface area contributed by atoms with Gasteiger partial charge in [0.2, 0.25) is 0 Å². The summed E-state index contributed by atoms with van der Waals surface area (Å²) in [6.45, 7) is 0.745. The van der Waals surface area contributed by atoms with E-state index in [2.05, 4.69) is 9.47 Å². The molecule has 0 bridgehead atoms. The van der Waals surface area contributed by atoms with Crippen LogP contribution in [0, 0.1) is 10.6 Å². The number of nitrogens with zero attached hydrogens (tertiary/aromatic N) is 4. The Morgan fingerprint density at radius 2 is 1.73 bits per heavy atom. The molecule has 3 fully saturated rings. The summed E-state index contributed by atoms with van der Waals surface area (Å²) in [5, 5.41) is 4.82. The maximum absolute atomic E-state index is 14.4. The summed E-state index contributed by atoms with van der Waals surface area (Å²) < 4.78 is 19.2. The first kappa shape index (κ1) is 16.6. The van der Waals surface area contributed by atoms with Crippen molar-refractivity contribution in [1.29, 1.82) is 0 Å². The molecule has 26 heavy (non-hydrogen) atoms. The first-order valence-electron chi connectivity index (χ1n) is 9.92. The Labute approximate surface area is 158 Å². The monoisotopic (exact) mass is 372 g/mol. The number of hydrogen-bond acceptors (Lipinski definition) is 3. The molecule has 3 aliphatic rings. The van der Waals surface area contributed by atoms with Gasteiger partial charge in [-0.3, -0.25) is 9.47 Å². The van der Waals surface area contributed by atoms with Gasteiger partial charge in [0.25, 0.3) is 0 Å². The molecular weight excluding hydrogens is 347 g/mol. The third-order valence-corrected chi connectivity index (χ3v) is 6.41. The zero-order valence-corrected chi connectivity index (χ0v) is 15.8. The van der Waals surface area contributed by atoms with Crippen molar-refractivity contribution in [1.82, 2.24) is 19.2 Å². The number of aromatic nitrogens is 3. The summed E-state index contributed by atoms with van der Waals surface area (Å²) in [5.74, 6) is 0.467. The molecule has 0 aliphatic heterocycles. The van der Waals surface area contributed by atoms with Crippen LogP contribution in [0.4, 0.5) is 4.39 Å². The molecular formula is C20H25FN4S. The topological polar surface area (TPSA) is 26.0 Å². The van der Waals surface area contributed by atoms with E-state index < -0.39 is 0 Å². The van der Waals surface area contributed by atoms with Gasteiger partial charge in [-0.2, -0.15) is 5.10 Å². The average Bonchev–Trinajstić information content (AvgIpc) is 3.57. The number of halogens is 1. The summed E-state index contributed by atoms with van der Waals surface area (Å²) in [6.07, 6.45) is 10.0.